The van der Waals surface area contributed by atoms with Gasteiger partial charge < -0.3 is 10.1 Å². The van der Waals surface area contributed by atoms with Gasteiger partial charge in [-0.05, 0) is 48.9 Å². The van der Waals surface area contributed by atoms with E-state index in [1.165, 1.54) is 5.56 Å². The molecule has 134 valence electrons. The van der Waals surface area contributed by atoms with E-state index in [2.05, 4.69) is 24.4 Å². The molecule has 26 heavy (non-hydrogen) atoms. The van der Waals surface area contributed by atoms with Gasteiger partial charge in [-0.2, -0.15) is 0 Å². The fourth-order valence-corrected chi connectivity index (χ4v) is 3.28. The lowest BCUT2D eigenvalue weighted by atomic mass is 10.1. The molecule has 5 heteroatoms. The zero-order valence-corrected chi connectivity index (χ0v) is 16.5. The van der Waals surface area contributed by atoms with Gasteiger partial charge in [-0.3, -0.25) is 0 Å². The van der Waals surface area contributed by atoms with E-state index in [0.717, 1.165) is 22.6 Å². The Hall–Kier alpha value is -1.87. The van der Waals surface area contributed by atoms with Gasteiger partial charge in [0, 0.05) is 22.2 Å². The Labute approximate surface area is 168 Å². The molecule has 0 saturated carbocycles. The highest BCUT2D eigenvalue weighted by Crippen LogP contribution is 2.28. The van der Waals surface area contributed by atoms with Crippen LogP contribution in [-0.2, 0) is 13.2 Å². The van der Waals surface area contributed by atoms with Crippen LogP contribution in [0.3, 0.4) is 0 Å². The summed E-state index contributed by atoms with van der Waals surface area (Å²) >= 11 is 18.3. The van der Waals surface area contributed by atoms with Gasteiger partial charge in [0.15, 0.2) is 0 Å². The van der Waals surface area contributed by atoms with Gasteiger partial charge in [-0.15, -0.1) is 0 Å². The van der Waals surface area contributed by atoms with Gasteiger partial charge >= 0.3 is 0 Å². The van der Waals surface area contributed by atoms with Crippen LogP contribution in [0.4, 0.5) is 5.69 Å². The molecule has 0 aromatic heterocycles. The Morgan fingerprint density at radius 1 is 0.885 bits per heavy atom. The summed E-state index contributed by atoms with van der Waals surface area (Å²) < 4.78 is 6.02. The first-order valence-electron chi connectivity index (χ1n) is 8.17. The predicted octanol–water partition coefficient (Wildman–Crippen LogP) is 7.15. The second-order valence-corrected chi connectivity index (χ2v) is 7.29. The number of benzene rings is 3. The van der Waals surface area contributed by atoms with Crippen molar-refractivity contribution in [3.05, 3.63) is 92.4 Å². The van der Waals surface area contributed by atoms with Crippen molar-refractivity contribution in [3.8, 4) is 5.75 Å². The summed E-state index contributed by atoms with van der Waals surface area (Å²) in [5.74, 6) is 0.786. The van der Waals surface area contributed by atoms with E-state index >= 15 is 0 Å². The molecule has 0 heterocycles. The molecule has 0 aliphatic carbocycles. The quantitative estimate of drug-likeness (QED) is 0.469. The van der Waals surface area contributed by atoms with E-state index in [0.29, 0.717) is 28.2 Å². The summed E-state index contributed by atoms with van der Waals surface area (Å²) in [6, 6.07) is 19.2. The molecule has 0 spiro atoms. The summed E-state index contributed by atoms with van der Waals surface area (Å²) in [5, 5.41) is 5.13. The topological polar surface area (TPSA) is 21.3 Å². The van der Waals surface area contributed by atoms with E-state index in [-0.39, 0.29) is 0 Å². The maximum absolute atomic E-state index is 6.22. The highest BCUT2D eigenvalue weighted by Gasteiger charge is 2.08. The molecule has 0 saturated heterocycles. The molecule has 2 nitrogen and oxygen atoms in total. The van der Waals surface area contributed by atoms with E-state index in [1.807, 2.05) is 36.4 Å². The lowest BCUT2D eigenvalue weighted by molar-refractivity contribution is 0.303. The molecule has 0 unspecified atom stereocenters. The van der Waals surface area contributed by atoms with Crippen molar-refractivity contribution >= 4 is 40.5 Å². The monoisotopic (exact) mass is 405 g/mol. The van der Waals surface area contributed by atoms with Crippen LogP contribution in [0.2, 0.25) is 15.1 Å². The molecule has 3 aromatic rings. The minimum atomic E-state index is 0.498. The number of hydrogen-bond donors (Lipinski definition) is 1. The maximum atomic E-state index is 6.22. The molecule has 0 amide bonds. The van der Waals surface area contributed by atoms with Crippen LogP contribution in [0, 0.1) is 6.92 Å². The Bertz CT molecular complexity index is 912. The van der Waals surface area contributed by atoms with Crippen molar-refractivity contribution in [2.75, 3.05) is 5.32 Å². The van der Waals surface area contributed by atoms with Crippen molar-refractivity contribution in [1.29, 1.82) is 0 Å². The lowest BCUT2D eigenvalue weighted by Crippen LogP contribution is -2.04. The Morgan fingerprint density at radius 3 is 2.42 bits per heavy atom. The number of rotatable bonds is 6. The molecule has 0 radical (unpaired) electrons. The number of aryl methyl sites for hydroxylation is 1. The molecule has 0 bridgehead atoms. The molecule has 3 aromatic carbocycles. The third kappa shape index (κ3) is 5.07. The van der Waals surface area contributed by atoms with Gasteiger partial charge in [0.1, 0.15) is 12.4 Å². The third-order valence-electron chi connectivity index (χ3n) is 3.90. The summed E-state index contributed by atoms with van der Waals surface area (Å²) in [5.41, 5.74) is 4.10. The minimum Gasteiger partial charge on any atom is -0.489 e. The van der Waals surface area contributed by atoms with Crippen LogP contribution in [0.5, 0.6) is 5.75 Å². The van der Waals surface area contributed by atoms with Gasteiger partial charge in [0.25, 0.3) is 0 Å². The number of anilines is 1. The molecule has 0 fully saturated rings. The highest BCUT2D eigenvalue weighted by atomic mass is 35.5. The number of halogens is 3. The van der Waals surface area contributed by atoms with Gasteiger partial charge in [0.05, 0.1) is 10.7 Å². The smallest absolute Gasteiger partial charge is 0.124 e. The Kier molecular flexibility index (Phi) is 6.31. The fourth-order valence-electron chi connectivity index (χ4n) is 2.61. The molecule has 0 atom stereocenters. The van der Waals surface area contributed by atoms with Gasteiger partial charge in [-0.25, -0.2) is 0 Å². The highest BCUT2D eigenvalue weighted by molar-refractivity contribution is 6.36. The van der Waals surface area contributed by atoms with Crippen molar-refractivity contribution in [2.45, 2.75) is 20.1 Å². The van der Waals surface area contributed by atoms with Crippen molar-refractivity contribution in [3.63, 3.8) is 0 Å². The number of hydrogen-bond acceptors (Lipinski definition) is 2. The number of ether oxygens (including phenoxy) is 1. The van der Waals surface area contributed by atoms with Crippen LogP contribution < -0.4 is 10.1 Å². The zero-order valence-electron chi connectivity index (χ0n) is 14.2. The maximum Gasteiger partial charge on any atom is 0.124 e. The predicted molar refractivity (Wildman–Crippen MR) is 111 cm³/mol. The van der Waals surface area contributed by atoms with E-state index < -0.39 is 0 Å². The average molecular weight is 407 g/mol. The Balaban J connectivity index is 1.73. The van der Waals surface area contributed by atoms with Crippen molar-refractivity contribution in [2.24, 2.45) is 0 Å². The summed E-state index contributed by atoms with van der Waals surface area (Å²) in [6.07, 6.45) is 0. The fraction of sp³-hybridized carbons (Fsp3) is 0.143. The molecular weight excluding hydrogens is 389 g/mol. The molecule has 3 rings (SSSR count). The largest absolute Gasteiger partial charge is 0.489 e. The standard InChI is InChI=1S/C21H18Cl3NO/c1-14-3-2-4-15(9-14)13-26-21-8-6-17(22)10-16(21)12-25-20-7-5-18(23)11-19(20)24/h2-11,25H,12-13H2,1H3. The van der Waals surface area contributed by atoms with Crippen molar-refractivity contribution in [1.82, 2.24) is 0 Å². The van der Waals surface area contributed by atoms with Crippen LogP contribution >= 0.6 is 34.8 Å². The first-order chi connectivity index (χ1) is 12.5. The van der Waals surface area contributed by atoms with Crippen molar-refractivity contribution < 1.29 is 4.74 Å². The average Bonchev–Trinajstić information content (AvgIpc) is 2.60. The van der Waals surface area contributed by atoms with Crippen LogP contribution in [0.1, 0.15) is 16.7 Å². The van der Waals surface area contributed by atoms with E-state index in [1.54, 1.807) is 12.1 Å². The first-order valence-corrected chi connectivity index (χ1v) is 9.30. The van der Waals surface area contributed by atoms with Gasteiger partial charge in [0.2, 0.25) is 0 Å². The van der Waals surface area contributed by atoms with Gasteiger partial charge in [-0.1, -0.05) is 64.6 Å². The van der Waals surface area contributed by atoms with Crippen LogP contribution in [0.25, 0.3) is 0 Å². The van der Waals surface area contributed by atoms with Crippen LogP contribution in [-0.4, -0.2) is 0 Å². The first kappa shape index (κ1) is 18.9. The summed E-state index contributed by atoms with van der Waals surface area (Å²) in [7, 11) is 0. The minimum absolute atomic E-state index is 0.498. The van der Waals surface area contributed by atoms with Crippen LogP contribution in [0.15, 0.2) is 60.7 Å². The molecule has 0 aliphatic rings. The molecule has 1 N–H and O–H groups in total. The second kappa shape index (κ2) is 8.68. The summed E-state index contributed by atoms with van der Waals surface area (Å²) in [4.78, 5) is 0. The molecule has 0 aliphatic heterocycles. The van der Waals surface area contributed by atoms with E-state index in [9.17, 15) is 0 Å². The number of nitrogens with one attached hydrogen (secondary N) is 1. The third-order valence-corrected chi connectivity index (χ3v) is 4.68. The summed E-state index contributed by atoms with van der Waals surface area (Å²) in [6.45, 7) is 3.10. The SMILES string of the molecule is Cc1cccc(COc2ccc(Cl)cc2CNc2ccc(Cl)cc2Cl)c1. The lowest BCUT2D eigenvalue weighted by Gasteiger charge is -2.14. The second-order valence-electron chi connectivity index (χ2n) is 6.01. The normalized spacial score (nSPS) is 10.6. The molecular formula is C21H18Cl3NO. The Morgan fingerprint density at radius 2 is 1.65 bits per heavy atom. The van der Waals surface area contributed by atoms with E-state index in [4.69, 9.17) is 39.5 Å². The zero-order chi connectivity index (χ0) is 18.5.